The van der Waals surface area contributed by atoms with Gasteiger partial charge in [0.25, 0.3) is 0 Å². The van der Waals surface area contributed by atoms with Crippen LogP contribution in [0.5, 0.6) is 0 Å². The standard InChI is InChI=1S/C15H26N2/c1-3-13-6-8-17(9-7-13)15-10-12(2)4-5-14(15)11-16/h12-15H,3-10H2,1-2H3. The van der Waals surface area contributed by atoms with Crippen LogP contribution in [-0.2, 0) is 0 Å². The number of nitrogens with zero attached hydrogens (tertiary/aromatic N) is 2. The molecule has 3 unspecified atom stereocenters. The SMILES string of the molecule is CCC1CCN(C2CC(C)CCC2C#N)CC1. The van der Waals surface area contributed by atoms with Gasteiger partial charge >= 0.3 is 0 Å². The molecule has 0 aromatic carbocycles. The highest BCUT2D eigenvalue weighted by molar-refractivity contribution is 4.97. The Morgan fingerprint density at radius 2 is 1.88 bits per heavy atom. The lowest BCUT2D eigenvalue weighted by Gasteiger charge is -2.42. The molecule has 96 valence electrons. The van der Waals surface area contributed by atoms with E-state index in [2.05, 4.69) is 24.8 Å². The number of nitriles is 1. The summed E-state index contributed by atoms with van der Waals surface area (Å²) in [6, 6.07) is 3.11. The first-order valence-electron chi connectivity index (χ1n) is 7.38. The third kappa shape index (κ3) is 3.01. The smallest absolute Gasteiger partial charge is 0.0672 e. The van der Waals surface area contributed by atoms with E-state index in [-0.39, 0.29) is 0 Å². The van der Waals surface area contributed by atoms with E-state index >= 15 is 0 Å². The summed E-state index contributed by atoms with van der Waals surface area (Å²) in [4.78, 5) is 2.62. The third-order valence-corrected chi connectivity index (χ3v) is 4.94. The van der Waals surface area contributed by atoms with Crippen molar-refractivity contribution in [1.29, 1.82) is 5.26 Å². The van der Waals surface area contributed by atoms with E-state index in [9.17, 15) is 5.26 Å². The molecule has 1 saturated carbocycles. The number of likely N-dealkylation sites (tertiary alicyclic amines) is 1. The highest BCUT2D eigenvalue weighted by Crippen LogP contribution is 2.34. The molecule has 1 heterocycles. The number of rotatable bonds is 2. The van der Waals surface area contributed by atoms with Gasteiger partial charge < -0.3 is 0 Å². The number of piperidine rings is 1. The summed E-state index contributed by atoms with van der Waals surface area (Å²) in [6.07, 6.45) is 7.64. The summed E-state index contributed by atoms with van der Waals surface area (Å²) in [5.74, 6) is 2.05. The maximum Gasteiger partial charge on any atom is 0.0672 e. The minimum absolute atomic E-state index is 0.296. The van der Waals surface area contributed by atoms with Crippen LogP contribution in [0.3, 0.4) is 0 Å². The Bertz CT molecular complexity index is 273. The Labute approximate surface area is 106 Å². The quantitative estimate of drug-likeness (QED) is 0.732. The van der Waals surface area contributed by atoms with E-state index in [4.69, 9.17) is 0 Å². The molecule has 1 saturated heterocycles. The first-order chi connectivity index (χ1) is 8.24. The van der Waals surface area contributed by atoms with Crippen molar-refractivity contribution in [1.82, 2.24) is 4.90 Å². The van der Waals surface area contributed by atoms with E-state index in [0.29, 0.717) is 12.0 Å². The molecule has 0 N–H and O–H groups in total. The summed E-state index contributed by atoms with van der Waals surface area (Å²) < 4.78 is 0. The average Bonchev–Trinajstić information content (AvgIpc) is 2.39. The maximum atomic E-state index is 9.30. The molecule has 2 rings (SSSR count). The fourth-order valence-corrected chi connectivity index (χ4v) is 3.60. The minimum atomic E-state index is 0.296. The molecule has 3 atom stereocenters. The van der Waals surface area contributed by atoms with Crippen LogP contribution in [0.2, 0.25) is 0 Å². The highest BCUT2D eigenvalue weighted by Gasteiger charge is 2.34. The summed E-state index contributed by atoms with van der Waals surface area (Å²) in [5, 5.41) is 9.30. The first-order valence-corrected chi connectivity index (χ1v) is 7.38. The largest absolute Gasteiger partial charge is 0.299 e. The summed E-state index contributed by atoms with van der Waals surface area (Å²) in [5.41, 5.74) is 0. The van der Waals surface area contributed by atoms with Crippen molar-refractivity contribution in [2.75, 3.05) is 13.1 Å². The molecule has 2 aliphatic rings. The van der Waals surface area contributed by atoms with Crippen LogP contribution in [-0.4, -0.2) is 24.0 Å². The van der Waals surface area contributed by atoms with Gasteiger partial charge in [-0.15, -0.1) is 0 Å². The summed E-state index contributed by atoms with van der Waals surface area (Å²) in [7, 11) is 0. The maximum absolute atomic E-state index is 9.30. The minimum Gasteiger partial charge on any atom is -0.299 e. The zero-order chi connectivity index (χ0) is 12.3. The molecule has 0 bridgehead atoms. The van der Waals surface area contributed by atoms with Gasteiger partial charge in [0.05, 0.1) is 12.0 Å². The molecule has 0 spiro atoms. The van der Waals surface area contributed by atoms with Crippen LogP contribution in [0, 0.1) is 29.1 Å². The second kappa shape index (κ2) is 5.87. The van der Waals surface area contributed by atoms with Gasteiger partial charge in [-0.05, 0) is 57.0 Å². The zero-order valence-corrected chi connectivity index (χ0v) is 11.4. The Morgan fingerprint density at radius 3 is 2.47 bits per heavy atom. The molecular weight excluding hydrogens is 208 g/mol. The summed E-state index contributed by atoms with van der Waals surface area (Å²) >= 11 is 0. The molecule has 0 amide bonds. The van der Waals surface area contributed by atoms with Crippen molar-refractivity contribution in [2.45, 2.75) is 58.4 Å². The van der Waals surface area contributed by atoms with Gasteiger partial charge in [0.2, 0.25) is 0 Å². The van der Waals surface area contributed by atoms with Crippen molar-refractivity contribution in [3.05, 3.63) is 0 Å². The van der Waals surface area contributed by atoms with Gasteiger partial charge in [0.15, 0.2) is 0 Å². The molecule has 2 heteroatoms. The van der Waals surface area contributed by atoms with Crippen molar-refractivity contribution in [3.8, 4) is 6.07 Å². The van der Waals surface area contributed by atoms with E-state index in [1.807, 2.05) is 0 Å². The van der Waals surface area contributed by atoms with E-state index in [0.717, 1.165) is 18.3 Å². The fourth-order valence-electron chi connectivity index (χ4n) is 3.60. The Balaban J connectivity index is 1.93. The second-order valence-electron chi connectivity index (χ2n) is 6.11. The lowest BCUT2D eigenvalue weighted by atomic mass is 9.78. The van der Waals surface area contributed by atoms with Crippen molar-refractivity contribution in [3.63, 3.8) is 0 Å². The second-order valence-corrected chi connectivity index (χ2v) is 6.11. The molecule has 2 fully saturated rings. The molecule has 1 aliphatic heterocycles. The van der Waals surface area contributed by atoms with Gasteiger partial charge in [0.1, 0.15) is 0 Å². The monoisotopic (exact) mass is 234 g/mol. The van der Waals surface area contributed by atoms with Gasteiger partial charge in [-0.3, -0.25) is 4.90 Å². The lowest BCUT2D eigenvalue weighted by Crippen LogP contribution is -2.47. The number of hydrogen-bond acceptors (Lipinski definition) is 2. The predicted molar refractivity (Wildman–Crippen MR) is 70.5 cm³/mol. The van der Waals surface area contributed by atoms with Crippen LogP contribution in [0.15, 0.2) is 0 Å². The first kappa shape index (κ1) is 12.9. The molecule has 2 nitrogen and oxygen atoms in total. The molecule has 17 heavy (non-hydrogen) atoms. The molecule has 0 aromatic rings. The van der Waals surface area contributed by atoms with E-state index in [1.165, 1.54) is 45.2 Å². The van der Waals surface area contributed by atoms with E-state index < -0.39 is 0 Å². The molecule has 0 aromatic heterocycles. The normalized spacial score (nSPS) is 36.6. The fraction of sp³-hybridized carbons (Fsp3) is 0.933. The topological polar surface area (TPSA) is 27.0 Å². The Morgan fingerprint density at radius 1 is 1.18 bits per heavy atom. The van der Waals surface area contributed by atoms with Crippen LogP contribution >= 0.6 is 0 Å². The Kier molecular flexibility index (Phi) is 4.45. The lowest BCUT2D eigenvalue weighted by molar-refractivity contribution is 0.0700. The highest BCUT2D eigenvalue weighted by atomic mass is 15.2. The average molecular weight is 234 g/mol. The molecule has 1 aliphatic carbocycles. The summed E-state index contributed by atoms with van der Waals surface area (Å²) in [6.45, 7) is 7.11. The zero-order valence-electron chi connectivity index (χ0n) is 11.4. The van der Waals surface area contributed by atoms with E-state index in [1.54, 1.807) is 0 Å². The van der Waals surface area contributed by atoms with Gasteiger partial charge in [-0.2, -0.15) is 5.26 Å². The number of hydrogen-bond donors (Lipinski definition) is 0. The van der Waals surface area contributed by atoms with Crippen molar-refractivity contribution < 1.29 is 0 Å². The van der Waals surface area contributed by atoms with Crippen LogP contribution < -0.4 is 0 Å². The predicted octanol–water partition coefficient (Wildman–Crippen LogP) is 3.44. The van der Waals surface area contributed by atoms with Gasteiger partial charge in [-0.25, -0.2) is 0 Å². The van der Waals surface area contributed by atoms with Crippen LogP contribution in [0.1, 0.15) is 52.4 Å². The van der Waals surface area contributed by atoms with Gasteiger partial charge in [-0.1, -0.05) is 20.3 Å². The van der Waals surface area contributed by atoms with Crippen molar-refractivity contribution in [2.24, 2.45) is 17.8 Å². The van der Waals surface area contributed by atoms with Crippen LogP contribution in [0.4, 0.5) is 0 Å². The molecule has 0 radical (unpaired) electrons. The van der Waals surface area contributed by atoms with Gasteiger partial charge in [0, 0.05) is 6.04 Å². The third-order valence-electron chi connectivity index (χ3n) is 4.94. The van der Waals surface area contributed by atoms with Crippen molar-refractivity contribution >= 4 is 0 Å². The Hall–Kier alpha value is -0.550. The van der Waals surface area contributed by atoms with Crippen LogP contribution in [0.25, 0.3) is 0 Å². The molecular formula is C15H26N2.